The van der Waals surface area contributed by atoms with Crippen LogP contribution in [0.4, 0.5) is 0 Å². The fraction of sp³-hybridized carbons (Fsp3) is 0.714. The number of fused-ring (bicyclic) bond motifs is 1. The van der Waals surface area contributed by atoms with Gasteiger partial charge in [0.2, 0.25) is 0 Å². The highest BCUT2D eigenvalue weighted by molar-refractivity contribution is 5.09. The number of rotatable bonds is 2. The zero-order valence-electron chi connectivity index (χ0n) is 11.0. The van der Waals surface area contributed by atoms with E-state index in [4.69, 9.17) is 4.42 Å². The molecule has 2 atom stereocenters. The molecule has 2 saturated heterocycles. The van der Waals surface area contributed by atoms with Gasteiger partial charge in [-0.15, -0.1) is 0 Å². The minimum Gasteiger partial charge on any atom is -0.465 e. The molecule has 0 spiro atoms. The molecule has 2 fully saturated rings. The summed E-state index contributed by atoms with van der Waals surface area (Å²) in [6.45, 7) is 11.3. The van der Waals surface area contributed by atoms with E-state index < -0.39 is 0 Å². The van der Waals surface area contributed by atoms with Gasteiger partial charge in [-0.05, 0) is 51.3 Å². The van der Waals surface area contributed by atoms with Gasteiger partial charge >= 0.3 is 0 Å². The summed E-state index contributed by atoms with van der Waals surface area (Å²) in [5.74, 6) is 3.72. The van der Waals surface area contributed by atoms with Crippen LogP contribution in [0, 0.1) is 18.8 Å². The molecule has 1 aromatic heterocycles. The lowest BCUT2D eigenvalue weighted by atomic mass is 9.85. The Bertz CT molecular complexity index is 410. The summed E-state index contributed by atoms with van der Waals surface area (Å²) in [5.41, 5.74) is 0.287. The average molecular weight is 234 g/mol. The van der Waals surface area contributed by atoms with Crippen LogP contribution in [0.1, 0.15) is 25.4 Å². The summed E-state index contributed by atoms with van der Waals surface area (Å²) in [4.78, 5) is 2.58. The van der Waals surface area contributed by atoms with E-state index in [2.05, 4.69) is 36.2 Å². The smallest absolute Gasteiger partial charge is 0.118 e. The average Bonchev–Trinajstić information content (AvgIpc) is 2.90. The van der Waals surface area contributed by atoms with Crippen LogP contribution < -0.4 is 5.32 Å². The molecule has 2 aliphatic heterocycles. The molecule has 3 heterocycles. The van der Waals surface area contributed by atoms with E-state index in [9.17, 15) is 0 Å². The molecule has 1 N–H and O–H groups in total. The van der Waals surface area contributed by atoms with Crippen molar-refractivity contribution >= 4 is 0 Å². The molecule has 0 aliphatic carbocycles. The van der Waals surface area contributed by atoms with Crippen LogP contribution in [0.25, 0.3) is 0 Å². The van der Waals surface area contributed by atoms with Crippen molar-refractivity contribution in [3.63, 3.8) is 0 Å². The van der Waals surface area contributed by atoms with Crippen LogP contribution >= 0.6 is 0 Å². The van der Waals surface area contributed by atoms with E-state index in [1.807, 2.05) is 6.92 Å². The predicted molar refractivity (Wildman–Crippen MR) is 67.8 cm³/mol. The summed E-state index contributed by atoms with van der Waals surface area (Å²) in [5, 5.41) is 3.52. The number of hydrogen-bond acceptors (Lipinski definition) is 3. The van der Waals surface area contributed by atoms with Crippen molar-refractivity contribution in [3.8, 4) is 0 Å². The van der Waals surface area contributed by atoms with Crippen LogP contribution in [0.15, 0.2) is 16.5 Å². The van der Waals surface area contributed by atoms with Gasteiger partial charge in [-0.2, -0.15) is 0 Å². The molecular formula is C14H22N2O. The van der Waals surface area contributed by atoms with E-state index in [0.29, 0.717) is 0 Å². The molecule has 3 heteroatoms. The Kier molecular flexibility index (Phi) is 2.56. The molecule has 3 nitrogen and oxygen atoms in total. The lowest BCUT2D eigenvalue weighted by Crippen LogP contribution is -2.43. The maximum Gasteiger partial charge on any atom is 0.118 e. The van der Waals surface area contributed by atoms with Crippen molar-refractivity contribution in [2.45, 2.75) is 32.9 Å². The monoisotopic (exact) mass is 234 g/mol. The van der Waals surface area contributed by atoms with Crippen molar-refractivity contribution in [3.05, 3.63) is 23.7 Å². The first-order chi connectivity index (χ1) is 8.07. The van der Waals surface area contributed by atoms with Crippen LogP contribution in [-0.2, 0) is 6.54 Å². The Balaban J connectivity index is 1.76. The van der Waals surface area contributed by atoms with Crippen LogP contribution in [0.5, 0.6) is 0 Å². The number of furan rings is 1. The summed E-state index contributed by atoms with van der Waals surface area (Å²) in [6, 6.07) is 4.17. The van der Waals surface area contributed by atoms with Gasteiger partial charge in [0.25, 0.3) is 0 Å². The highest BCUT2D eigenvalue weighted by Gasteiger charge is 2.49. The van der Waals surface area contributed by atoms with Gasteiger partial charge in [-0.3, -0.25) is 4.90 Å². The number of aryl methyl sites for hydroxylation is 1. The maximum atomic E-state index is 5.70. The van der Waals surface area contributed by atoms with Crippen molar-refractivity contribution in [2.75, 3.05) is 19.6 Å². The SMILES string of the molecule is Cc1ccc(CN2CC3CNCC3C2(C)C)o1. The van der Waals surface area contributed by atoms with Crippen molar-refractivity contribution in [1.29, 1.82) is 0 Å². The number of hydrogen-bond donors (Lipinski definition) is 1. The van der Waals surface area contributed by atoms with E-state index >= 15 is 0 Å². The Hall–Kier alpha value is -0.800. The molecule has 2 unspecified atom stereocenters. The topological polar surface area (TPSA) is 28.4 Å². The predicted octanol–water partition coefficient (Wildman–Crippen LogP) is 2.02. The molecule has 17 heavy (non-hydrogen) atoms. The normalized spacial score (nSPS) is 31.9. The second-order valence-corrected chi connectivity index (χ2v) is 6.07. The van der Waals surface area contributed by atoms with Gasteiger partial charge in [0.15, 0.2) is 0 Å². The molecular weight excluding hydrogens is 212 g/mol. The Morgan fingerprint density at radius 1 is 1.41 bits per heavy atom. The highest BCUT2D eigenvalue weighted by atomic mass is 16.3. The highest BCUT2D eigenvalue weighted by Crippen LogP contribution is 2.41. The Labute approximate surface area is 103 Å². The third-order valence-electron chi connectivity index (χ3n) is 4.66. The third kappa shape index (κ3) is 1.81. The Morgan fingerprint density at radius 2 is 2.24 bits per heavy atom. The fourth-order valence-corrected chi connectivity index (χ4v) is 3.53. The Morgan fingerprint density at radius 3 is 2.88 bits per heavy atom. The maximum absolute atomic E-state index is 5.70. The minimum absolute atomic E-state index is 0.287. The van der Waals surface area contributed by atoms with Gasteiger partial charge in [0.1, 0.15) is 11.5 Å². The van der Waals surface area contributed by atoms with E-state index in [-0.39, 0.29) is 5.54 Å². The summed E-state index contributed by atoms with van der Waals surface area (Å²) >= 11 is 0. The van der Waals surface area contributed by atoms with Crippen LogP contribution in [0.3, 0.4) is 0 Å². The second-order valence-electron chi connectivity index (χ2n) is 6.07. The van der Waals surface area contributed by atoms with Gasteiger partial charge in [-0.1, -0.05) is 0 Å². The summed E-state index contributed by atoms with van der Waals surface area (Å²) in [6.07, 6.45) is 0. The molecule has 0 amide bonds. The van der Waals surface area contributed by atoms with Crippen LogP contribution in [-0.4, -0.2) is 30.1 Å². The van der Waals surface area contributed by atoms with E-state index in [1.165, 1.54) is 19.6 Å². The first kappa shape index (κ1) is 11.3. The molecule has 1 aromatic rings. The standard InChI is InChI=1S/C14H22N2O/c1-10-4-5-12(17-10)9-16-8-11-6-15-7-13(11)14(16,2)3/h4-5,11,13,15H,6-9H2,1-3H3. The molecule has 0 saturated carbocycles. The lowest BCUT2D eigenvalue weighted by molar-refractivity contribution is 0.122. The van der Waals surface area contributed by atoms with Gasteiger partial charge in [0, 0.05) is 18.6 Å². The molecule has 0 bridgehead atoms. The second kappa shape index (κ2) is 3.85. The molecule has 94 valence electrons. The largest absolute Gasteiger partial charge is 0.465 e. The summed E-state index contributed by atoms with van der Waals surface area (Å²) < 4.78 is 5.70. The first-order valence-electron chi connectivity index (χ1n) is 6.58. The quantitative estimate of drug-likeness (QED) is 0.848. The van der Waals surface area contributed by atoms with Crippen molar-refractivity contribution in [1.82, 2.24) is 10.2 Å². The van der Waals surface area contributed by atoms with Crippen molar-refractivity contribution < 1.29 is 4.42 Å². The molecule has 3 rings (SSSR count). The molecule has 0 radical (unpaired) electrons. The fourth-order valence-electron chi connectivity index (χ4n) is 3.53. The zero-order chi connectivity index (χ0) is 12.0. The minimum atomic E-state index is 0.287. The molecule has 0 aromatic carbocycles. The number of likely N-dealkylation sites (tertiary alicyclic amines) is 1. The van der Waals surface area contributed by atoms with E-state index in [1.54, 1.807) is 0 Å². The van der Waals surface area contributed by atoms with Gasteiger partial charge in [0.05, 0.1) is 6.54 Å². The molecule has 2 aliphatic rings. The number of nitrogens with one attached hydrogen (secondary N) is 1. The van der Waals surface area contributed by atoms with E-state index in [0.717, 1.165) is 29.9 Å². The van der Waals surface area contributed by atoms with Crippen LogP contribution in [0.2, 0.25) is 0 Å². The zero-order valence-corrected chi connectivity index (χ0v) is 11.0. The lowest BCUT2D eigenvalue weighted by Gasteiger charge is -2.35. The third-order valence-corrected chi connectivity index (χ3v) is 4.66. The number of nitrogens with zero attached hydrogens (tertiary/aromatic N) is 1. The van der Waals surface area contributed by atoms with Gasteiger partial charge < -0.3 is 9.73 Å². The van der Waals surface area contributed by atoms with Gasteiger partial charge in [-0.25, -0.2) is 0 Å². The van der Waals surface area contributed by atoms with Crippen molar-refractivity contribution in [2.24, 2.45) is 11.8 Å². The first-order valence-corrected chi connectivity index (χ1v) is 6.58. The summed E-state index contributed by atoms with van der Waals surface area (Å²) in [7, 11) is 0.